The Morgan fingerprint density at radius 2 is 2.00 bits per heavy atom. The highest BCUT2D eigenvalue weighted by Gasteiger charge is 2.49. The summed E-state index contributed by atoms with van der Waals surface area (Å²) in [6.45, 7) is 1.49. The summed E-state index contributed by atoms with van der Waals surface area (Å²) in [7, 11) is 0. The molecular formula is C12H14O2. The lowest BCUT2D eigenvalue weighted by Crippen LogP contribution is -2.27. The van der Waals surface area contributed by atoms with Crippen LogP contribution in [0.15, 0.2) is 24.3 Å². The van der Waals surface area contributed by atoms with E-state index in [1.54, 1.807) is 0 Å². The molecule has 14 heavy (non-hydrogen) atoms. The molecule has 0 N–H and O–H groups in total. The van der Waals surface area contributed by atoms with E-state index in [0.29, 0.717) is 23.7 Å². The number of fused-ring (bicyclic) bond motifs is 5. The van der Waals surface area contributed by atoms with E-state index in [1.807, 2.05) is 0 Å². The number of rotatable bonds is 1. The van der Waals surface area contributed by atoms with Gasteiger partial charge in [0.05, 0.1) is 0 Å². The van der Waals surface area contributed by atoms with E-state index in [1.165, 1.54) is 13.3 Å². The van der Waals surface area contributed by atoms with Crippen molar-refractivity contribution in [3.8, 4) is 0 Å². The zero-order valence-electron chi connectivity index (χ0n) is 8.22. The van der Waals surface area contributed by atoms with Crippen molar-refractivity contribution >= 4 is 5.97 Å². The molecular weight excluding hydrogens is 176 g/mol. The minimum absolute atomic E-state index is 0.0393. The summed E-state index contributed by atoms with van der Waals surface area (Å²) in [5.41, 5.74) is 0. The summed E-state index contributed by atoms with van der Waals surface area (Å²) in [5, 5.41) is 0. The van der Waals surface area contributed by atoms with Gasteiger partial charge in [0.1, 0.15) is 6.10 Å². The molecule has 0 unspecified atom stereocenters. The topological polar surface area (TPSA) is 26.3 Å². The highest BCUT2D eigenvalue weighted by Crippen LogP contribution is 2.53. The zero-order chi connectivity index (χ0) is 9.71. The summed E-state index contributed by atoms with van der Waals surface area (Å²) in [4.78, 5) is 10.9. The number of ether oxygens (including phenoxy) is 1. The summed E-state index contributed by atoms with van der Waals surface area (Å²) in [5.74, 6) is 2.36. The molecule has 1 saturated carbocycles. The largest absolute Gasteiger partial charge is 0.458 e. The average molecular weight is 190 g/mol. The molecule has 0 amide bonds. The summed E-state index contributed by atoms with van der Waals surface area (Å²) in [6, 6.07) is 0. The van der Waals surface area contributed by atoms with Crippen LogP contribution < -0.4 is 0 Å². The molecule has 1 fully saturated rings. The Morgan fingerprint density at radius 1 is 1.21 bits per heavy atom. The van der Waals surface area contributed by atoms with Crippen LogP contribution in [-0.2, 0) is 9.53 Å². The SMILES string of the molecule is CC(=O)O[C@@H]1C=C[C@H]2[C@@H]1[C@H]1C=C[C@H]2C1. The molecule has 3 aliphatic carbocycles. The van der Waals surface area contributed by atoms with E-state index in [2.05, 4.69) is 24.3 Å². The molecule has 0 aromatic carbocycles. The average Bonchev–Trinajstić information content (AvgIpc) is 2.74. The van der Waals surface area contributed by atoms with E-state index in [9.17, 15) is 4.79 Å². The van der Waals surface area contributed by atoms with E-state index in [-0.39, 0.29) is 12.1 Å². The standard InChI is InChI=1S/C12H14O2/c1-7(13)14-11-5-4-10-8-2-3-9(6-8)12(10)11/h2-5,8-12H,6H2,1H3/t8-,9-,10+,11+,12-/m0/s1. The van der Waals surface area contributed by atoms with Crippen molar-refractivity contribution in [2.45, 2.75) is 19.4 Å². The van der Waals surface area contributed by atoms with Crippen LogP contribution in [0.2, 0.25) is 0 Å². The van der Waals surface area contributed by atoms with E-state index < -0.39 is 0 Å². The number of carbonyl (C=O) groups is 1. The minimum Gasteiger partial charge on any atom is -0.458 e. The first-order valence-corrected chi connectivity index (χ1v) is 5.29. The van der Waals surface area contributed by atoms with Gasteiger partial charge in [-0.25, -0.2) is 0 Å². The maximum atomic E-state index is 10.9. The molecule has 0 saturated heterocycles. The maximum Gasteiger partial charge on any atom is 0.303 e. The van der Waals surface area contributed by atoms with Crippen LogP contribution in [0, 0.1) is 23.7 Å². The predicted molar refractivity (Wildman–Crippen MR) is 52.4 cm³/mol. The van der Waals surface area contributed by atoms with Gasteiger partial charge in [-0.3, -0.25) is 4.79 Å². The van der Waals surface area contributed by atoms with Crippen LogP contribution in [0.25, 0.3) is 0 Å². The van der Waals surface area contributed by atoms with Crippen molar-refractivity contribution < 1.29 is 9.53 Å². The van der Waals surface area contributed by atoms with Crippen LogP contribution in [0.3, 0.4) is 0 Å². The normalized spacial score (nSPS) is 47.1. The molecule has 2 bridgehead atoms. The van der Waals surface area contributed by atoms with Crippen LogP contribution in [0.5, 0.6) is 0 Å². The molecule has 0 radical (unpaired) electrons. The zero-order valence-corrected chi connectivity index (χ0v) is 8.22. The second kappa shape index (κ2) is 2.72. The third-order valence-electron chi connectivity index (χ3n) is 3.79. The van der Waals surface area contributed by atoms with Gasteiger partial charge in [0, 0.05) is 12.8 Å². The molecule has 0 aliphatic heterocycles. The van der Waals surface area contributed by atoms with Crippen LogP contribution in [0.4, 0.5) is 0 Å². The van der Waals surface area contributed by atoms with Crippen molar-refractivity contribution in [3.05, 3.63) is 24.3 Å². The van der Waals surface area contributed by atoms with Crippen LogP contribution in [-0.4, -0.2) is 12.1 Å². The van der Waals surface area contributed by atoms with Gasteiger partial charge in [-0.2, -0.15) is 0 Å². The number of allylic oxidation sites excluding steroid dienone is 3. The van der Waals surface area contributed by atoms with E-state index in [0.717, 1.165) is 0 Å². The fourth-order valence-corrected chi connectivity index (χ4v) is 3.31. The predicted octanol–water partition coefficient (Wildman–Crippen LogP) is 1.93. The third-order valence-corrected chi connectivity index (χ3v) is 3.79. The molecule has 74 valence electrons. The molecule has 2 heteroatoms. The second-order valence-corrected chi connectivity index (χ2v) is 4.56. The van der Waals surface area contributed by atoms with Crippen LogP contribution >= 0.6 is 0 Å². The minimum atomic E-state index is -0.160. The lowest BCUT2D eigenvalue weighted by Gasteiger charge is -2.25. The summed E-state index contributed by atoms with van der Waals surface area (Å²) in [6.07, 6.45) is 10.2. The first-order valence-electron chi connectivity index (χ1n) is 5.29. The van der Waals surface area contributed by atoms with Crippen molar-refractivity contribution in [3.63, 3.8) is 0 Å². The summed E-state index contributed by atoms with van der Waals surface area (Å²) < 4.78 is 5.32. The molecule has 3 rings (SSSR count). The lowest BCUT2D eigenvalue weighted by atomic mass is 9.84. The fourth-order valence-electron chi connectivity index (χ4n) is 3.31. The van der Waals surface area contributed by atoms with Gasteiger partial charge in [0.25, 0.3) is 0 Å². The lowest BCUT2D eigenvalue weighted by molar-refractivity contribution is -0.146. The quantitative estimate of drug-likeness (QED) is 0.466. The number of hydrogen-bond donors (Lipinski definition) is 0. The first-order chi connectivity index (χ1) is 6.75. The highest BCUT2D eigenvalue weighted by molar-refractivity contribution is 5.66. The number of hydrogen-bond acceptors (Lipinski definition) is 2. The Morgan fingerprint density at radius 3 is 2.79 bits per heavy atom. The molecule has 0 aromatic heterocycles. The smallest absolute Gasteiger partial charge is 0.303 e. The number of esters is 1. The first kappa shape index (κ1) is 8.27. The fraction of sp³-hybridized carbons (Fsp3) is 0.583. The molecule has 5 atom stereocenters. The Balaban J connectivity index is 1.82. The Labute approximate surface area is 83.6 Å². The van der Waals surface area contributed by atoms with Gasteiger partial charge in [0.2, 0.25) is 0 Å². The van der Waals surface area contributed by atoms with Gasteiger partial charge in [-0.15, -0.1) is 0 Å². The van der Waals surface area contributed by atoms with E-state index in [4.69, 9.17) is 4.74 Å². The van der Waals surface area contributed by atoms with Gasteiger partial charge in [-0.05, 0) is 30.3 Å². The number of carbonyl (C=O) groups excluding carboxylic acids is 1. The molecule has 2 nitrogen and oxygen atoms in total. The maximum absolute atomic E-state index is 10.9. The Hall–Kier alpha value is -1.05. The van der Waals surface area contributed by atoms with Crippen LogP contribution in [0.1, 0.15) is 13.3 Å². The molecule has 0 heterocycles. The molecule has 3 aliphatic rings. The second-order valence-electron chi connectivity index (χ2n) is 4.56. The Bertz CT molecular complexity index is 329. The van der Waals surface area contributed by atoms with E-state index >= 15 is 0 Å². The van der Waals surface area contributed by atoms with Crippen molar-refractivity contribution in [2.75, 3.05) is 0 Å². The Kier molecular flexibility index (Phi) is 1.61. The summed E-state index contributed by atoms with van der Waals surface area (Å²) >= 11 is 0. The van der Waals surface area contributed by atoms with Crippen molar-refractivity contribution in [1.29, 1.82) is 0 Å². The van der Waals surface area contributed by atoms with Gasteiger partial charge >= 0.3 is 5.97 Å². The monoisotopic (exact) mass is 190 g/mol. The van der Waals surface area contributed by atoms with Gasteiger partial charge in [0.15, 0.2) is 0 Å². The van der Waals surface area contributed by atoms with Gasteiger partial charge in [-0.1, -0.05) is 18.2 Å². The van der Waals surface area contributed by atoms with Gasteiger partial charge < -0.3 is 4.74 Å². The van der Waals surface area contributed by atoms with Crippen molar-refractivity contribution in [2.24, 2.45) is 23.7 Å². The molecule has 0 spiro atoms. The highest BCUT2D eigenvalue weighted by atomic mass is 16.5. The third kappa shape index (κ3) is 0.999. The molecule has 0 aromatic rings. The van der Waals surface area contributed by atoms with Crippen molar-refractivity contribution in [1.82, 2.24) is 0 Å².